The molecule has 0 aliphatic carbocycles. The largest absolute Gasteiger partial charge is 0.497 e. The van der Waals surface area contributed by atoms with Gasteiger partial charge in [0.1, 0.15) is 11.9 Å². The van der Waals surface area contributed by atoms with Crippen molar-refractivity contribution in [1.29, 1.82) is 0 Å². The Bertz CT molecular complexity index is 397. The predicted molar refractivity (Wildman–Crippen MR) is 50.6 cm³/mol. The van der Waals surface area contributed by atoms with E-state index in [2.05, 4.69) is 0 Å². The molecule has 0 bridgehead atoms. The normalized spacial score (nSPS) is 12.6. The van der Waals surface area contributed by atoms with Crippen molar-refractivity contribution >= 4 is 5.69 Å². The lowest BCUT2D eigenvalue weighted by atomic mass is 10.1. The van der Waals surface area contributed by atoms with Crippen molar-refractivity contribution in [3.05, 3.63) is 33.9 Å². The van der Waals surface area contributed by atoms with E-state index in [9.17, 15) is 18.9 Å². The van der Waals surface area contributed by atoms with E-state index in [1.165, 1.54) is 13.2 Å². The molecule has 7 heteroatoms. The molecule has 0 radical (unpaired) electrons. The van der Waals surface area contributed by atoms with Gasteiger partial charge in [-0.25, -0.2) is 8.78 Å². The van der Waals surface area contributed by atoms with Crippen molar-refractivity contribution in [3.63, 3.8) is 0 Å². The van der Waals surface area contributed by atoms with Gasteiger partial charge in [0, 0.05) is 0 Å². The zero-order chi connectivity index (χ0) is 12.3. The molecule has 0 fully saturated rings. The number of nitro benzene ring substituents is 1. The van der Waals surface area contributed by atoms with Gasteiger partial charge in [0.25, 0.3) is 12.1 Å². The van der Waals surface area contributed by atoms with Crippen LogP contribution >= 0.6 is 0 Å². The molecule has 1 aromatic rings. The Labute approximate surface area is 89.4 Å². The summed E-state index contributed by atoms with van der Waals surface area (Å²) in [7, 11) is 1.29. The van der Waals surface area contributed by atoms with Crippen LogP contribution < -0.4 is 4.74 Å². The van der Waals surface area contributed by atoms with E-state index in [4.69, 9.17) is 9.84 Å². The van der Waals surface area contributed by atoms with E-state index in [0.29, 0.717) is 0 Å². The van der Waals surface area contributed by atoms with E-state index >= 15 is 0 Å². The van der Waals surface area contributed by atoms with Gasteiger partial charge in [0.15, 0.2) is 0 Å². The Kier molecular flexibility index (Phi) is 3.73. The van der Waals surface area contributed by atoms with Crippen molar-refractivity contribution in [2.45, 2.75) is 12.5 Å². The molecule has 0 aromatic heterocycles. The monoisotopic (exact) mass is 233 g/mol. The summed E-state index contributed by atoms with van der Waals surface area (Å²) >= 11 is 0. The molecule has 1 aromatic carbocycles. The second-order valence-corrected chi connectivity index (χ2v) is 2.96. The fourth-order valence-corrected chi connectivity index (χ4v) is 1.19. The summed E-state index contributed by atoms with van der Waals surface area (Å²) in [5.74, 6) is 0.164. The van der Waals surface area contributed by atoms with Crippen LogP contribution in [-0.4, -0.2) is 23.6 Å². The minimum atomic E-state index is -3.08. The van der Waals surface area contributed by atoms with Gasteiger partial charge in [0.2, 0.25) is 0 Å². The summed E-state index contributed by atoms with van der Waals surface area (Å²) in [4.78, 5) is 9.77. The lowest BCUT2D eigenvalue weighted by Gasteiger charge is -2.10. The Hall–Kier alpha value is -1.76. The molecule has 0 aliphatic rings. The third-order valence-corrected chi connectivity index (χ3v) is 1.99. The van der Waals surface area contributed by atoms with Crippen LogP contribution in [0.1, 0.15) is 11.7 Å². The number of alkyl halides is 2. The van der Waals surface area contributed by atoms with Gasteiger partial charge >= 0.3 is 0 Å². The second-order valence-electron chi connectivity index (χ2n) is 2.96. The third-order valence-electron chi connectivity index (χ3n) is 1.99. The topological polar surface area (TPSA) is 72.6 Å². The molecule has 1 N–H and O–H groups in total. The van der Waals surface area contributed by atoms with E-state index in [1.54, 1.807) is 0 Å². The lowest BCUT2D eigenvalue weighted by Crippen LogP contribution is -2.10. The van der Waals surface area contributed by atoms with Gasteiger partial charge in [-0.2, -0.15) is 0 Å². The molecule has 0 saturated carbocycles. The highest BCUT2D eigenvalue weighted by Crippen LogP contribution is 2.32. The van der Waals surface area contributed by atoms with Gasteiger partial charge in [-0.05, 0) is 12.1 Å². The maximum Gasteiger partial charge on any atom is 0.279 e. The first-order valence-electron chi connectivity index (χ1n) is 4.26. The first-order valence-corrected chi connectivity index (χ1v) is 4.26. The maximum atomic E-state index is 12.2. The number of aliphatic hydroxyl groups excluding tert-OH is 1. The van der Waals surface area contributed by atoms with E-state index in [-0.39, 0.29) is 5.75 Å². The van der Waals surface area contributed by atoms with Crippen molar-refractivity contribution in [3.8, 4) is 5.75 Å². The molecule has 5 nitrogen and oxygen atoms in total. The van der Waals surface area contributed by atoms with Crippen LogP contribution in [0.5, 0.6) is 5.75 Å². The number of methoxy groups -OCH3 is 1. The first-order chi connectivity index (χ1) is 7.47. The van der Waals surface area contributed by atoms with E-state index in [1.807, 2.05) is 0 Å². The Balaban J connectivity index is 3.23. The highest BCUT2D eigenvalue weighted by molar-refractivity contribution is 5.47. The van der Waals surface area contributed by atoms with E-state index in [0.717, 1.165) is 12.1 Å². The predicted octanol–water partition coefficient (Wildman–Crippen LogP) is 1.90. The van der Waals surface area contributed by atoms with Crippen molar-refractivity contribution in [2.75, 3.05) is 7.11 Å². The average Bonchev–Trinajstić information content (AvgIpc) is 2.26. The Morgan fingerprint density at radius 2 is 2.12 bits per heavy atom. The minimum absolute atomic E-state index is 0.164. The van der Waals surface area contributed by atoms with E-state index < -0.39 is 28.7 Å². The molecule has 0 spiro atoms. The zero-order valence-electron chi connectivity index (χ0n) is 8.26. The Morgan fingerprint density at radius 1 is 1.50 bits per heavy atom. The SMILES string of the molecule is COc1ccc(C(O)C(F)F)c([N+](=O)[O-])c1. The standard InChI is InChI=1S/C9H9F2NO4/c1-16-5-2-3-6(8(13)9(10)11)7(4-5)12(14)15/h2-4,8-9,13H,1H3. The second kappa shape index (κ2) is 4.84. The smallest absolute Gasteiger partial charge is 0.279 e. The summed E-state index contributed by atoms with van der Waals surface area (Å²) in [5, 5.41) is 19.7. The van der Waals surface area contributed by atoms with Crippen LogP contribution in [0.2, 0.25) is 0 Å². The average molecular weight is 233 g/mol. The lowest BCUT2D eigenvalue weighted by molar-refractivity contribution is -0.386. The molecule has 1 atom stereocenters. The number of rotatable bonds is 4. The number of aliphatic hydroxyl groups is 1. The van der Waals surface area contributed by atoms with Gasteiger partial charge in [-0.3, -0.25) is 10.1 Å². The molecule has 88 valence electrons. The number of nitro groups is 1. The number of nitrogens with zero attached hydrogens (tertiary/aromatic N) is 1. The summed E-state index contributed by atoms with van der Waals surface area (Å²) in [6.45, 7) is 0. The van der Waals surface area contributed by atoms with Gasteiger partial charge in [-0.1, -0.05) is 0 Å². The number of ether oxygens (including phenoxy) is 1. The quantitative estimate of drug-likeness (QED) is 0.636. The van der Waals surface area contributed by atoms with Gasteiger partial charge in [-0.15, -0.1) is 0 Å². The zero-order valence-corrected chi connectivity index (χ0v) is 8.26. The molecule has 0 saturated heterocycles. The number of hydrogen-bond acceptors (Lipinski definition) is 4. The molecule has 0 heterocycles. The molecule has 1 unspecified atom stereocenters. The van der Waals surface area contributed by atoms with Crippen LogP contribution in [0.25, 0.3) is 0 Å². The van der Waals surface area contributed by atoms with Crippen LogP contribution in [-0.2, 0) is 0 Å². The van der Waals surface area contributed by atoms with Crippen molar-refractivity contribution in [2.24, 2.45) is 0 Å². The first kappa shape index (κ1) is 12.3. The molecule has 16 heavy (non-hydrogen) atoms. The highest BCUT2D eigenvalue weighted by atomic mass is 19.3. The summed E-state index contributed by atoms with van der Waals surface area (Å²) in [6, 6.07) is 3.31. The fourth-order valence-electron chi connectivity index (χ4n) is 1.19. The minimum Gasteiger partial charge on any atom is -0.497 e. The summed E-state index contributed by atoms with van der Waals surface area (Å²) in [6.07, 6.45) is -5.25. The molecule has 0 aliphatic heterocycles. The van der Waals surface area contributed by atoms with Crippen LogP contribution in [0.3, 0.4) is 0 Å². The maximum absolute atomic E-state index is 12.2. The van der Waals surface area contributed by atoms with Crippen molar-refractivity contribution < 1.29 is 23.5 Å². The van der Waals surface area contributed by atoms with Crippen LogP contribution in [0.4, 0.5) is 14.5 Å². The van der Waals surface area contributed by atoms with Crippen molar-refractivity contribution in [1.82, 2.24) is 0 Å². The molecule has 1 rings (SSSR count). The molecular formula is C9H9F2NO4. The number of halogens is 2. The van der Waals surface area contributed by atoms with Gasteiger partial charge < -0.3 is 9.84 Å². The third kappa shape index (κ3) is 2.43. The summed E-state index contributed by atoms with van der Waals surface area (Å²) < 4.78 is 29.2. The molecule has 0 amide bonds. The summed E-state index contributed by atoms with van der Waals surface area (Å²) in [5.41, 5.74) is -1.02. The van der Waals surface area contributed by atoms with Crippen LogP contribution in [0.15, 0.2) is 18.2 Å². The highest BCUT2D eigenvalue weighted by Gasteiger charge is 2.27. The van der Waals surface area contributed by atoms with Gasteiger partial charge in [0.05, 0.1) is 23.7 Å². The number of hydrogen-bond donors (Lipinski definition) is 1. The fraction of sp³-hybridized carbons (Fsp3) is 0.333. The number of benzene rings is 1. The molecular weight excluding hydrogens is 224 g/mol. The Morgan fingerprint density at radius 3 is 2.56 bits per heavy atom. The van der Waals surface area contributed by atoms with Crippen LogP contribution in [0, 0.1) is 10.1 Å².